The molecule has 0 radical (unpaired) electrons. The summed E-state index contributed by atoms with van der Waals surface area (Å²) >= 11 is 1.83. The lowest BCUT2D eigenvalue weighted by Gasteiger charge is -2.33. The average Bonchev–Trinajstić information content (AvgIpc) is 3.23. The number of nitrogens with one attached hydrogen (secondary N) is 3. The van der Waals surface area contributed by atoms with Gasteiger partial charge in [0.05, 0.1) is 5.00 Å². The van der Waals surface area contributed by atoms with Crippen LogP contribution in [-0.4, -0.2) is 45.2 Å². The Kier molecular flexibility index (Phi) is 9.75. The number of aliphatic imine (C=N–C) groups is 1. The molecule has 0 saturated carbocycles. The smallest absolute Gasteiger partial charge is 0.191 e. The molecule has 27 heavy (non-hydrogen) atoms. The van der Waals surface area contributed by atoms with Crippen LogP contribution in [0.5, 0.6) is 0 Å². The van der Waals surface area contributed by atoms with Gasteiger partial charge < -0.3 is 20.9 Å². The van der Waals surface area contributed by atoms with Gasteiger partial charge in [-0.05, 0) is 48.9 Å². The van der Waals surface area contributed by atoms with Crippen molar-refractivity contribution in [1.29, 1.82) is 0 Å². The number of rotatable bonds is 7. The number of piperidine rings is 1. The van der Waals surface area contributed by atoms with Crippen molar-refractivity contribution in [3.63, 3.8) is 0 Å². The van der Waals surface area contributed by atoms with E-state index in [0.717, 1.165) is 51.4 Å². The van der Waals surface area contributed by atoms with Gasteiger partial charge in [-0.1, -0.05) is 18.2 Å². The first-order chi connectivity index (χ1) is 12.8. The van der Waals surface area contributed by atoms with Crippen molar-refractivity contribution >= 4 is 52.0 Å². The highest BCUT2D eigenvalue weighted by Crippen LogP contribution is 2.24. The van der Waals surface area contributed by atoms with Gasteiger partial charge >= 0.3 is 0 Å². The summed E-state index contributed by atoms with van der Waals surface area (Å²) in [5, 5.41) is 14.0. The Labute approximate surface area is 183 Å². The van der Waals surface area contributed by atoms with Crippen LogP contribution in [0.3, 0.4) is 0 Å². The van der Waals surface area contributed by atoms with Crippen molar-refractivity contribution in [3.05, 3.63) is 47.8 Å². The van der Waals surface area contributed by atoms with Gasteiger partial charge in [0.2, 0.25) is 0 Å². The van der Waals surface area contributed by atoms with Gasteiger partial charge in [0.25, 0.3) is 0 Å². The number of anilines is 2. The van der Waals surface area contributed by atoms with Crippen molar-refractivity contribution < 1.29 is 0 Å². The standard InChI is InChI=1S/C20H29N5S.HI/c1-21-20(23-13-6-12-22-17-7-3-2-4-8-17)24-18-10-14-25(15-11-18)19-9-5-16-26-19;/h2-5,7-9,16,18,22H,6,10-15H2,1H3,(H2,21,23,24);1H. The summed E-state index contributed by atoms with van der Waals surface area (Å²) in [7, 11) is 1.85. The van der Waals surface area contributed by atoms with E-state index >= 15 is 0 Å². The molecule has 3 N–H and O–H groups in total. The van der Waals surface area contributed by atoms with Crippen molar-refractivity contribution in [2.75, 3.05) is 43.4 Å². The third-order valence-electron chi connectivity index (χ3n) is 4.63. The second-order valence-electron chi connectivity index (χ2n) is 6.50. The van der Waals surface area contributed by atoms with Crippen LogP contribution in [0, 0.1) is 0 Å². The predicted octanol–water partition coefficient (Wildman–Crippen LogP) is 4.00. The minimum absolute atomic E-state index is 0. The molecule has 148 valence electrons. The molecule has 0 amide bonds. The number of guanidine groups is 1. The van der Waals surface area contributed by atoms with Crippen LogP contribution in [0.4, 0.5) is 10.7 Å². The van der Waals surface area contributed by atoms with E-state index in [1.54, 1.807) is 0 Å². The molecule has 2 aromatic rings. The SMILES string of the molecule is CN=C(NCCCNc1ccccc1)NC1CCN(c2cccs2)CC1.I. The maximum Gasteiger partial charge on any atom is 0.191 e. The van der Waals surface area contributed by atoms with Crippen LogP contribution >= 0.6 is 35.3 Å². The zero-order valence-electron chi connectivity index (χ0n) is 15.9. The fourth-order valence-electron chi connectivity index (χ4n) is 3.17. The molecular weight excluding hydrogens is 469 g/mol. The molecule has 2 heterocycles. The molecule has 1 fully saturated rings. The Morgan fingerprint density at radius 1 is 1.11 bits per heavy atom. The molecule has 3 rings (SSSR count). The highest BCUT2D eigenvalue weighted by Gasteiger charge is 2.20. The number of benzene rings is 1. The maximum absolute atomic E-state index is 4.37. The van der Waals surface area contributed by atoms with Gasteiger partial charge in [0.15, 0.2) is 5.96 Å². The van der Waals surface area contributed by atoms with E-state index in [1.165, 1.54) is 10.7 Å². The van der Waals surface area contributed by atoms with E-state index in [9.17, 15) is 0 Å². The molecule has 1 aliphatic rings. The molecule has 1 aliphatic heterocycles. The lowest BCUT2D eigenvalue weighted by atomic mass is 10.1. The van der Waals surface area contributed by atoms with E-state index in [4.69, 9.17) is 0 Å². The lowest BCUT2D eigenvalue weighted by Crippen LogP contribution is -2.48. The molecule has 5 nitrogen and oxygen atoms in total. The van der Waals surface area contributed by atoms with Gasteiger partial charge in [-0.25, -0.2) is 0 Å². The Hall–Kier alpha value is -1.48. The zero-order valence-corrected chi connectivity index (χ0v) is 19.0. The third kappa shape index (κ3) is 7.21. The molecule has 1 aromatic carbocycles. The second-order valence-corrected chi connectivity index (χ2v) is 7.43. The van der Waals surface area contributed by atoms with Crippen LogP contribution in [0.2, 0.25) is 0 Å². The molecule has 0 aliphatic carbocycles. The first kappa shape index (κ1) is 21.8. The van der Waals surface area contributed by atoms with Crippen LogP contribution in [-0.2, 0) is 0 Å². The first-order valence-corrected chi connectivity index (χ1v) is 10.3. The summed E-state index contributed by atoms with van der Waals surface area (Å²) < 4.78 is 0. The average molecular weight is 499 g/mol. The summed E-state index contributed by atoms with van der Waals surface area (Å²) in [5.41, 5.74) is 1.17. The van der Waals surface area contributed by atoms with Crippen LogP contribution < -0.4 is 20.9 Å². The molecule has 0 spiro atoms. The quantitative estimate of drug-likeness (QED) is 0.233. The minimum atomic E-state index is 0. The van der Waals surface area contributed by atoms with Gasteiger partial charge in [-0.15, -0.1) is 35.3 Å². The summed E-state index contributed by atoms with van der Waals surface area (Å²) in [6.45, 7) is 4.08. The molecule has 0 atom stereocenters. The minimum Gasteiger partial charge on any atom is -0.385 e. The summed E-state index contributed by atoms with van der Waals surface area (Å²) in [6, 6.07) is 15.2. The summed E-state index contributed by atoms with van der Waals surface area (Å²) in [6.07, 6.45) is 3.34. The lowest BCUT2D eigenvalue weighted by molar-refractivity contribution is 0.462. The number of halogens is 1. The van der Waals surface area contributed by atoms with Crippen molar-refractivity contribution in [1.82, 2.24) is 10.6 Å². The Balaban J connectivity index is 0.00000261. The van der Waals surface area contributed by atoms with Gasteiger partial charge in [-0.2, -0.15) is 0 Å². The highest BCUT2D eigenvalue weighted by atomic mass is 127. The number of nitrogens with zero attached hydrogens (tertiary/aromatic N) is 2. The molecule has 1 aromatic heterocycles. The first-order valence-electron chi connectivity index (χ1n) is 9.40. The van der Waals surface area contributed by atoms with E-state index in [2.05, 4.69) is 67.6 Å². The van der Waals surface area contributed by atoms with E-state index < -0.39 is 0 Å². The van der Waals surface area contributed by atoms with Crippen molar-refractivity contribution in [3.8, 4) is 0 Å². The largest absolute Gasteiger partial charge is 0.385 e. The van der Waals surface area contributed by atoms with Crippen LogP contribution in [0.25, 0.3) is 0 Å². The van der Waals surface area contributed by atoms with Crippen LogP contribution in [0.15, 0.2) is 52.8 Å². The second kappa shape index (κ2) is 12.1. The van der Waals surface area contributed by atoms with Crippen LogP contribution in [0.1, 0.15) is 19.3 Å². The Morgan fingerprint density at radius 3 is 2.56 bits per heavy atom. The maximum atomic E-state index is 4.37. The highest BCUT2D eigenvalue weighted by molar-refractivity contribution is 14.0. The monoisotopic (exact) mass is 499 g/mol. The fourth-order valence-corrected chi connectivity index (χ4v) is 3.95. The molecule has 0 unspecified atom stereocenters. The Bertz CT molecular complexity index is 654. The summed E-state index contributed by atoms with van der Waals surface area (Å²) in [4.78, 5) is 6.85. The number of para-hydroxylation sites is 1. The predicted molar refractivity (Wildman–Crippen MR) is 129 cm³/mol. The van der Waals surface area contributed by atoms with Crippen molar-refractivity contribution in [2.24, 2.45) is 4.99 Å². The third-order valence-corrected chi connectivity index (χ3v) is 5.56. The molecular formula is C20H30IN5S. The van der Waals surface area contributed by atoms with E-state index in [-0.39, 0.29) is 24.0 Å². The van der Waals surface area contributed by atoms with E-state index in [0.29, 0.717) is 6.04 Å². The fraction of sp³-hybridized carbons (Fsp3) is 0.450. The zero-order chi connectivity index (χ0) is 18.0. The van der Waals surface area contributed by atoms with Gasteiger partial charge in [0.1, 0.15) is 0 Å². The Morgan fingerprint density at radius 2 is 1.89 bits per heavy atom. The number of thiophene rings is 1. The topological polar surface area (TPSA) is 51.7 Å². The van der Waals surface area contributed by atoms with E-state index in [1.807, 2.05) is 24.5 Å². The van der Waals surface area contributed by atoms with Crippen molar-refractivity contribution in [2.45, 2.75) is 25.3 Å². The normalized spacial score (nSPS) is 15.1. The molecule has 0 bridgehead atoms. The van der Waals surface area contributed by atoms with Gasteiger partial charge in [0, 0.05) is 45.0 Å². The summed E-state index contributed by atoms with van der Waals surface area (Å²) in [5.74, 6) is 0.916. The number of hydrogen-bond acceptors (Lipinski definition) is 4. The molecule has 7 heteroatoms. The number of hydrogen-bond donors (Lipinski definition) is 3. The molecule has 1 saturated heterocycles. The van der Waals surface area contributed by atoms with Gasteiger partial charge in [-0.3, -0.25) is 4.99 Å².